The van der Waals surface area contributed by atoms with Gasteiger partial charge in [-0.15, -0.1) is 0 Å². The smallest absolute Gasteiger partial charge is 0.240 e. The van der Waals surface area contributed by atoms with E-state index in [-0.39, 0.29) is 22.8 Å². The molecule has 1 amide bonds. The van der Waals surface area contributed by atoms with Gasteiger partial charge >= 0.3 is 0 Å². The monoisotopic (exact) mass is 390 g/mol. The second kappa shape index (κ2) is 8.42. The fraction of sp³-hybridized carbons (Fsp3) is 0.696. The first-order valence-corrected chi connectivity index (χ1v) is 10.4. The van der Waals surface area contributed by atoms with Crippen LogP contribution in [0.25, 0.3) is 0 Å². The van der Waals surface area contributed by atoms with E-state index in [0.29, 0.717) is 32.1 Å². The van der Waals surface area contributed by atoms with Crippen LogP contribution in [0, 0.1) is 11.3 Å². The first kappa shape index (κ1) is 22.7. The lowest BCUT2D eigenvalue weighted by atomic mass is 9.54. The van der Waals surface area contributed by atoms with Crippen LogP contribution in [0.1, 0.15) is 60.5 Å². The molecule has 1 aliphatic carbocycles. The van der Waals surface area contributed by atoms with Crippen molar-refractivity contribution in [3.8, 4) is 5.75 Å². The van der Waals surface area contributed by atoms with E-state index in [9.17, 15) is 4.79 Å². The second-order valence-electron chi connectivity index (χ2n) is 9.64. The SMILES string of the molecule is CCOC1CC(N)(C(=O)NCC(C)(C)c2ccc(OCC(C)C)cc2)C1(C)C. The summed E-state index contributed by atoms with van der Waals surface area (Å²) in [5.74, 6) is 1.27. The van der Waals surface area contributed by atoms with Crippen molar-refractivity contribution in [2.45, 2.75) is 71.9 Å². The fourth-order valence-electron chi connectivity index (χ4n) is 3.65. The Balaban J connectivity index is 1.96. The number of hydrogen-bond donors (Lipinski definition) is 2. The Hall–Kier alpha value is -1.59. The Morgan fingerprint density at radius 3 is 2.39 bits per heavy atom. The molecule has 1 aromatic rings. The first-order valence-electron chi connectivity index (χ1n) is 10.4. The van der Waals surface area contributed by atoms with Gasteiger partial charge in [-0.3, -0.25) is 4.79 Å². The summed E-state index contributed by atoms with van der Waals surface area (Å²) in [5.41, 5.74) is 6.14. The van der Waals surface area contributed by atoms with Crippen LogP contribution in [0.4, 0.5) is 0 Å². The maximum atomic E-state index is 12.9. The topological polar surface area (TPSA) is 73.6 Å². The highest BCUT2D eigenvalue weighted by Gasteiger charge is 2.62. The van der Waals surface area contributed by atoms with Crippen LogP contribution in [0.5, 0.6) is 5.75 Å². The normalized spacial score (nSPS) is 24.0. The number of ether oxygens (including phenoxy) is 2. The van der Waals surface area contributed by atoms with Crippen molar-refractivity contribution in [1.29, 1.82) is 0 Å². The zero-order chi connectivity index (χ0) is 21.2. The predicted molar refractivity (Wildman–Crippen MR) is 114 cm³/mol. The van der Waals surface area contributed by atoms with Crippen LogP contribution in [0.3, 0.4) is 0 Å². The molecule has 0 saturated heterocycles. The summed E-state index contributed by atoms with van der Waals surface area (Å²) >= 11 is 0. The van der Waals surface area contributed by atoms with E-state index >= 15 is 0 Å². The molecule has 0 aliphatic heterocycles. The van der Waals surface area contributed by atoms with Crippen molar-refractivity contribution in [2.75, 3.05) is 19.8 Å². The van der Waals surface area contributed by atoms with Gasteiger partial charge < -0.3 is 20.5 Å². The highest BCUT2D eigenvalue weighted by atomic mass is 16.5. The molecule has 5 nitrogen and oxygen atoms in total. The van der Waals surface area contributed by atoms with E-state index < -0.39 is 5.54 Å². The minimum absolute atomic E-state index is 0.0274. The first-order chi connectivity index (χ1) is 12.9. The number of rotatable bonds is 9. The van der Waals surface area contributed by atoms with Gasteiger partial charge in [0.15, 0.2) is 0 Å². The number of carbonyl (C=O) groups is 1. The van der Waals surface area contributed by atoms with Crippen molar-refractivity contribution >= 4 is 5.91 Å². The minimum Gasteiger partial charge on any atom is -0.493 e. The molecule has 0 spiro atoms. The highest BCUT2D eigenvalue weighted by molar-refractivity contribution is 5.88. The lowest BCUT2D eigenvalue weighted by Crippen LogP contribution is -2.76. The standard InChI is InChI=1S/C23H38N2O3/c1-8-27-19-13-23(24,22(19,6)7)20(26)25-15-21(4,5)17-9-11-18(12-10-17)28-14-16(2)3/h9-12,16,19H,8,13-15,24H2,1-7H3,(H,25,26). The number of nitrogens with two attached hydrogens (primary N) is 1. The number of carbonyl (C=O) groups excluding carboxylic acids is 1. The maximum Gasteiger partial charge on any atom is 0.240 e. The largest absolute Gasteiger partial charge is 0.493 e. The van der Waals surface area contributed by atoms with Crippen LogP contribution in [-0.2, 0) is 14.9 Å². The van der Waals surface area contributed by atoms with E-state index in [2.05, 4.69) is 45.1 Å². The number of amides is 1. The Bertz CT molecular complexity index is 667. The Morgan fingerprint density at radius 1 is 1.29 bits per heavy atom. The van der Waals surface area contributed by atoms with Gasteiger partial charge in [-0.1, -0.05) is 53.7 Å². The van der Waals surface area contributed by atoms with Crippen molar-refractivity contribution < 1.29 is 14.3 Å². The molecular weight excluding hydrogens is 352 g/mol. The molecule has 1 fully saturated rings. The zero-order valence-corrected chi connectivity index (χ0v) is 18.6. The summed E-state index contributed by atoms with van der Waals surface area (Å²) in [6.07, 6.45) is 0.585. The van der Waals surface area contributed by atoms with E-state index in [1.807, 2.05) is 32.9 Å². The summed E-state index contributed by atoms with van der Waals surface area (Å²) < 4.78 is 11.5. The second-order valence-corrected chi connectivity index (χ2v) is 9.64. The molecule has 3 N–H and O–H groups in total. The summed E-state index contributed by atoms with van der Waals surface area (Å²) in [7, 11) is 0. The van der Waals surface area contributed by atoms with E-state index in [1.165, 1.54) is 0 Å². The molecule has 0 radical (unpaired) electrons. The van der Waals surface area contributed by atoms with Gasteiger partial charge in [0.05, 0.1) is 12.7 Å². The molecule has 2 atom stereocenters. The molecular formula is C23H38N2O3. The molecule has 2 rings (SSSR count). The van der Waals surface area contributed by atoms with E-state index in [4.69, 9.17) is 15.2 Å². The number of benzene rings is 1. The number of hydrogen-bond acceptors (Lipinski definition) is 4. The van der Waals surface area contributed by atoms with Crippen molar-refractivity contribution in [3.63, 3.8) is 0 Å². The third-order valence-corrected chi connectivity index (χ3v) is 6.15. The Morgan fingerprint density at radius 2 is 1.89 bits per heavy atom. The van der Waals surface area contributed by atoms with Crippen molar-refractivity contribution in [1.82, 2.24) is 5.32 Å². The van der Waals surface area contributed by atoms with Crippen LogP contribution < -0.4 is 15.8 Å². The summed E-state index contributed by atoms with van der Waals surface area (Å²) in [5, 5.41) is 3.09. The van der Waals surface area contributed by atoms with Crippen LogP contribution in [-0.4, -0.2) is 37.3 Å². The van der Waals surface area contributed by atoms with Crippen molar-refractivity contribution in [2.24, 2.45) is 17.1 Å². The average molecular weight is 391 g/mol. The van der Waals surface area contributed by atoms with Gasteiger partial charge in [0, 0.05) is 30.4 Å². The van der Waals surface area contributed by atoms with Gasteiger partial charge in [0.1, 0.15) is 11.3 Å². The summed E-state index contributed by atoms with van der Waals surface area (Å²) in [6.45, 7) is 16.3. The quantitative estimate of drug-likeness (QED) is 0.675. The van der Waals surface area contributed by atoms with Gasteiger partial charge in [0.2, 0.25) is 5.91 Å². The van der Waals surface area contributed by atoms with Gasteiger partial charge in [-0.25, -0.2) is 0 Å². The molecule has 28 heavy (non-hydrogen) atoms. The molecule has 1 aliphatic rings. The third-order valence-electron chi connectivity index (χ3n) is 6.15. The molecule has 0 bridgehead atoms. The molecule has 2 unspecified atom stereocenters. The van der Waals surface area contributed by atoms with Gasteiger partial charge in [-0.05, 0) is 30.5 Å². The molecule has 0 heterocycles. The van der Waals surface area contributed by atoms with Crippen LogP contribution >= 0.6 is 0 Å². The van der Waals surface area contributed by atoms with Gasteiger partial charge in [-0.2, -0.15) is 0 Å². The Labute approximate surface area is 170 Å². The van der Waals surface area contributed by atoms with E-state index in [1.54, 1.807) is 0 Å². The van der Waals surface area contributed by atoms with Gasteiger partial charge in [0.25, 0.3) is 0 Å². The van der Waals surface area contributed by atoms with Crippen LogP contribution in [0.2, 0.25) is 0 Å². The van der Waals surface area contributed by atoms with Crippen molar-refractivity contribution in [3.05, 3.63) is 29.8 Å². The lowest BCUT2D eigenvalue weighted by Gasteiger charge is -2.57. The summed E-state index contributed by atoms with van der Waals surface area (Å²) in [6, 6.07) is 8.12. The lowest BCUT2D eigenvalue weighted by molar-refractivity contribution is -0.170. The zero-order valence-electron chi connectivity index (χ0n) is 18.6. The molecule has 158 valence electrons. The average Bonchev–Trinajstić information content (AvgIpc) is 2.64. The highest BCUT2D eigenvalue weighted by Crippen LogP contribution is 2.49. The number of nitrogens with one attached hydrogen (secondary N) is 1. The maximum absolute atomic E-state index is 12.9. The predicted octanol–water partition coefficient (Wildman–Crippen LogP) is 3.65. The van der Waals surface area contributed by atoms with Crippen LogP contribution in [0.15, 0.2) is 24.3 Å². The van der Waals surface area contributed by atoms with E-state index in [0.717, 1.165) is 11.3 Å². The molecule has 0 aromatic heterocycles. The molecule has 1 saturated carbocycles. The fourth-order valence-corrected chi connectivity index (χ4v) is 3.65. The molecule has 5 heteroatoms. The minimum atomic E-state index is -0.891. The molecule has 1 aromatic carbocycles. The third kappa shape index (κ3) is 4.52. The Kier molecular flexibility index (Phi) is 6.82. The summed E-state index contributed by atoms with van der Waals surface area (Å²) in [4.78, 5) is 12.9.